The second-order valence-corrected chi connectivity index (χ2v) is 7.84. The van der Waals surface area contributed by atoms with Gasteiger partial charge in [-0.2, -0.15) is 0 Å². The molecule has 2 atom stereocenters. The highest BCUT2D eigenvalue weighted by atomic mass is 16.6. The Bertz CT molecular complexity index is 550. The Hall–Kier alpha value is -2.52. The lowest BCUT2D eigenvalue weighted by Gasteiger charge is -2.24. The molecule has 0 radical (unpaired) electrons. The van der Waals surface area contributed by atoms with Crippen molar-refractivity contribution in [2.45, 2.75) is 71.8 Å². The van der Waals surface area contributed by atoms with Gasteiger partial charge < -0.3 is 30.2 Å². The smallest absolute Gasteiger partial charge is 0.408 e. The molecule has 0 rings (SSSR count). The van der Waals surface area contributed by atoms with E-state index in [2.05, 4.69) is 20.7 Å². The van der Waals surface area contributed by atoms with Gasteiger partial charge in [0.25, 0.3) is 0 Å². The van der Waals surface area contributed by atoms with E-state index in [0.29, 0.717) is 0 Å². The topological polar surface area (TPSA) is 132 Å². The van der Waals surface area contributed by atoms with E-state index >= 15 is 0 Å². The molecular weight excluding hydrogens is 358 g/mol. The minimum atomic E-state index is -1.15. The first-order valence-corrected chi connectivity index (χ1v) is 8.49. The zero-order chi connectivity index (χ0) is 21.4. The molecule has 0 unspecified atom stereocenters. The standard InChI is InChI=1S/C17H31N3O7/c1-10(19-15(24)27-17(5,6)7)12(21)20-11(13(22)25-8)9-18-14(23)26-16(2,3)4/h10-11H,9H2,1-8H3,(H,18,23)(H,19,24)(H,20,21)/t10-,11-/m0/s1. The third kappa shape index (κ3) is 11.7. The van der Waals surface area contributed by atoms with Crippen molar-refractivity contribution in [3.63, 3.8) is 0 Å². The molecule has 10 heteroatoms. The number of carbonyl (C=O) groups is 4. The van der Waals surface area contributed by atoms with E-state index in [9.17, 15) is 19.2 Å². The summed E-state index contributed by atoms with van der Waals surface area (Å²) < 4.78 is 14.7. The molecule has 0 spiro atoms. The average molecular weight is 389 g/mol. The highest BCUT2D eigenvalue weighted by Gasteiger charge is 2.27. The van der Waals surface area contributed by atoms with Crippen molar-refractivity contribution in [3.8, 4) is 0 Å². The molecule has 3 N–H and O–H groups in total. The summed E-state index contributed by atoms with van der Waals surface area (Å²) in [6, 6.07) is -2.13. The van der Waals surface area contributed by atoms with E-state index in [-0.39, 0.29) is 6.54 Å². The Morgan fingerprint density at radius 2 is 1.33 bits per heavy atom. The molecule has 0 aromatic carbocycles. The Morgan fingerprint density at radius 1 is 0.852 bits per heavy atom. The largest absolute Gasteiger partial charge is 0.467 e. The van der Waals surface area contributed by atoms with Gasteiger partial charge >= 0.3 is 18.2 Å². The van der Waals surface area contributed by atoms with Crippen molar-refractivity contribution in [1.82, 2.24) is 16.0 Å². The first-order chi connectivity index (χ1) is 12.1. The minimum absolute atomic E-state index is 0.244. The Morgan fingerprint density at radius 3 is 1.78 bits per heavy atom. The molecule has 3 amide bonds. The molecule has 0 aromatic rings. The molecule has 0 bridgehead atoms. The van der Waals surface area contributed by atoms with Crippen molar-refractivity contribution in [2.75, 3.05) is 13.7 Å². The highest BCUT2D eigenvalue weighted by Crippen LogP contribution is 2.07. The molecule has 27 heavy (non-hydrogen) atoms. The van der Waals surface area contributed by atoms with Crippen LogP contribution in [0, 0.1) is 0 Å². The zero-order valence-electron chi connectivity index (χ0n) is 17.2. The number of esters is 1. The Labute approximate surface area is 159 Å². The third-order valence-corrected chi connectivity index (χ3v) is 2.78. The van der Waals surface area contributed by atoms with E-state index in [1.165, 1.54) is 6.92 Å². The van der Waals surface area contributed by atoms with Crippen LogP contribution in [0.3, 0.4) is 0 Å². The van der Waals surface area contributed by atoms with Gasteiger partial charge in [0.1, 0.15) is 23.3 Å². The van der Waals surface area contributed by atoms with Gasteiger partial charge in [-0.15, -0.1) is 0 Å². The maximum Gasteiger partial charge on any atom is 0.408 e. The molecule has 0 aromatic heterocycles. The average Bonchev–Trinajstić information content (AvgIpc) is 2.46. The van der Waals surface area contributed by atoms with Crippen molar-refractivity contribution in [2.24, 2.45) is 0 Å². The first-order valence-electron chi connectivity index (χ1n) is 8.49. The number of carbonyl (C=O) groups excluding carboxylic acids is 4. The van der Waals surface area contributed by atoms with E-state index < -0.39 is 47.3 Å². The normalized spacial score (nSPS) is 13.6. The maximum absolute atomic E-state index is 12.2. The SMILES string of the molecule is COC(=O)[C@H](CNC(=O)OC(C)(C)C)NC(=O)[C@H](C)NC(=O)OC(C)(C)C. The van der Waals surface area contributed by atoms with E-state index in [0.717, 1.165) is 7.11 Å². The minimum Gasteiger partial charge on any atom is -0.467 e. The van der Waals surface area contributed by atoms with E-state index in [1.807, 2.05) is 0 Å². The van der Waals surface area contributed by atoms with Crippen LogP contribution in [0.1, 0.15) is 48.5 Å². The monoisotopic (exact) mass is 389 g/mol. The van der Waals surface area contributed by atoms with Gasteiger partial charge in [-0.3, -0.25) is 4.79 Å². The number of amides is 3. The lowest BCUT2D eigenvalue weighted by atomic mass is 10.2. The van der Waals surface area contributed by atoms with Gasteiger partial charge in [-0.1, -0.05) is 0 Å². The molecule has 0 aliphatic heterocycles. The van der Waals surface area contributed by atoms with Crippen LogP contribution >= 0.6 is 0 Å². The van der Waals surface area contributed by atoms with Crippen LogP contribution in [-0.2, 0) is 23.8 Å². The molecule has 156 valence electrons. The predicted octanol–water partition coefficient (Wildman–Crippen LogP) is 1.08. The molecule has 0 aliphatic carbocycles. The fraction of sp³-hybridized carbons (Fsp3) is 0.765. The van der Waals surface area contributed by atoms with Gasteiger partial charge in [0.05, 0.1) is 13.7 Å². The van der Waals surface area contributed by atoms with Crippen LogP contribution in [0.5, 0.6) is 0 Å². The van der Waals surface area contributed by atoms with Crippen molar-refractivity contribution in [1.29, 1.82) is 0 Å². The molecule has 0 aliphatic rings. The summed E-state index contributed by atoms with van der Waals surface area (Å²) in [5.41, 5.74) is -1.42. The maximum atomic E-state index is 12.2. The molecular formula is C17H31N3O7. The lowest BCUT2D eigenvalue weighted by Crippen LogP contribution is -2.54. The second-order valence-electron chi connectivity index (χ2n) is 7.84. The predicted molar refractivity (Wildman–Crippen MR) is 97.0 cm³/mol. The number of hydrogen-bond acceptors (Lipinski definition) is 7. The summed E-state index contributed by atoms with van der Waals surface area (Å²) in [6.07, 6.45) is -1.52. The summed E-state index contributed by atoms with van der Waals surface area (Å²) in [7, 11) is 1.15. The van der Waals surface area contributed by atoms with Crippen molar-refractivity contribution in [3.05, 3.63) is 0 Å². The number of alkyl carbamates (subject to hydrolysis) is 2. The number of ether oxygens (including phenoxy) is 3. The highest BCUT2D eigenvalue weighted by molar-refractivity contribution is 5.89. The van der Waals surface area contributed by atoms with Gasteiger partial charge in [0.15, 0.2) is 0 Å². The van der Waals surface area contributed by atoms with E-state index in [1.54, 1.807) is 41.5 Å². The zero-order valence-corrected chi connectivity index (χ0v) is 17.2. The molecule has 0 saturated carbocycles. The van der Waals surface area contributed by atoms with Gasteiger partial charge in [-0.25, -0.2) is 14.4 Å². The summed E-state index contributed by atoms with van der Waals surface area (Å²) in [5.74, 6) is -1.41. The molecule has 0 fully saturated rings. The number of hydrogen-bond donors (Lipinski definition) is 3. The number of nitrogens with one attached hydrogen (secondary N) is 3. The number of methoxy groups -OCH3 is 1. The third-order valence-electron chi connectivity index (χ3n) is 2.78. The van der Waals surface area contributed by atoms with Crippen molar-refractivity contribution >= 4 is 24.1 Å². The van der Waals surface area contributed by atoms with Crippen LogP contribution < -0.4 is 16.0 Å². The summed E-state index contributed by atoms with van der Waals surface area (Å²) >= 11 is 0. The van der Waals surface area contributed by atoms with Gasteiger partial charge in [0, 0.05) is 0 Å². The first kappa shape index (κ1) is 24.5. The van der Waals surface area contributed by atoms with Crippen LogP contribution in [-0.4, -0.2) is 61.0 Å². The van der Waals surface area contributed by atoms with Crippen molar-refractivity contribution < 1.29 is 33.4 Å². The lowest BCUT2D eigenvalue weighted by molar-refractivity contribution is -0.145. The molecule has 0 heterocycles. The second kappa shape index (κ2) is 9.98. The number of rotatable bonds is 6. The van der Waals surface area contributed by atoms with Gasteiger partial charge in [-0.05, 0) is 48.5 Å². The Balaban J connectivity index is 4.75. The summed E-state index contributed by atoms with van der Waals surface area (Å²) in [4.78, 5) is 47.5. The van der Waals surface area contributed by atoms with E-state index in [4.69, 9.17) is 9.47 Å². The summed E-state index contributed by atoms with van der Waals surface area (Å²) in [5, 5.41) is 7.14. The van der Waals surface area contributed by atoms with Crippen LogP contribution in [0.2, 0.25) is 0 Å². The fourth-order valence-corrected chi connectivity index (χ4v) is 1.68. The fourth-order valence-electron chi connectivity index (χ4n) is 1.68. The molecule has 10 nitrogen and oxygen atoms in total. The Kier molecular flexibility index (Phi) is 9.05. The summed E-state index contributed by atoms with van der Waals surface area (Å²) in [6.45, 7) is 11.3. The van der Waals surface area contributed by atoms with Crippen LogP contribution in [0.4, 0.5) is 9.59 Å². The quantitative estimate of drug-likeness (QED) is 0.457. The van der Waals surface area contributed by atoms with Crippen LogP contribution in [0.15, 0.2) is 0 Å². The van der Waals surface area contributed by atoms with Crippen LogP contribution in [0.25, 0.3) is 0 Å². The van der Waals surface area contributed by atoms with Gasteiger partial charge in [0.2, 0.25) is 5.91 Å². The molecule has 0 saturated heterocycles.